The first-order valence-electron chi connectivity index (χ1n) is 5.75. The van der Waals surface area contributed by atoms with Crippen molar-refractivity contribution in [3.63, 3.8) is 0 Å². The molecule has 1 aliphatic heterocycles. The highest BCUT2D eigenvalue weighted by Crippen LogP contribution is 2.18. The SMILES string of the molecule is N#CCc1ccc(S(=O)(=O)N2CC=CCC2)cc1. The van der Waals surface area contributed by atoms with Crippen LogP contribution in [0, 0.1) is 11.3 Å². The lowest BCUT2D eigenvalue weighted by molar-refractivity contribution is 0.437. The highest BCUT2D eigenvalue weighted by Gasteiger charge is 2.23. The summed E-state index contributed by atoms with van der Waals surface area (Å²) >= 11 is 0. The van der Waals surface area contributed by atoms with Crippen LogP contribution in [0.1, 0.15) is 12.0 Å². The van der Waals surface area contributed by atoms with E-state index in [0.29, 0.717) is 24.4 Å². The third-order valence-electron chi connectivity index (χ3n) is 2.87. The summed E-state index contributed by atoms with van der Waals surface area (Å²) in [6.07, 6.45) is 4.91. The molecule has 0 N–H and O–H groups in total. The predicted octanol–water partition coefficient (Wildman–Crippen LogP) is 1.70. The van der Waals surface area contributed by atoms with Gasteiger partial charge in [-0.3, -0.25) is 0 Å². The first-order valence-corrected chi connectivity index (χ1v) is 7.19. The highest BCUT2D eigenvalue weighted by atomic mass is 32.2. The van der Waals surface area contributed by atoms with Crippen LogP contribution < -0.4 is 0 Å². The zero-order valence-electron chi connectivity index (χ0n) is 9.91. The van der Waals surface area contributed by atoms with Gasteiger partial charge in [-0.15, -0.1) is 0 Å². The number of hydrogen-bond donors (Lipinski definition) is 0. The Morgan fingerprint density at radius 1 is 1.22 bits per heavy atom. The van der Waals surface area contributed by atoms with Gasteiger partial charge in [0.05, 0.1) is 17.4 Å². The van der Waals surface area contributed by atoms with E-state index >= 15 is 0 Å². The summed E-state index contributed by atoms with van der Waals surface area (Å²) in [4.78, 5) is 0.291. The molecule has 0 amide bonds. The second-order valence-electron chi connectivity index (χ2n) is 4.10. The lowest BCUT2D eigenvalue weighted by atomic mass is 10.2. The Labute approximate surface area is 107 Å². The quantitative estimate of drug-likeness (QED) is 0.779. The highest BCUT2D eigenvalue weighted by molar-refractivity contribution is 7.89. The maximum absolute atomic E-state index is 12.3. The van der Waals surface area contributed by atoms with Crippen LogP contribution in [0.3, 0.4) is 0 Å². The molecule has 18 heavy (non-hydrogen) atoms. The first kappa shape index (κ1) is 12.8. The van der Waals surface area contributed by atoms with Crippen LogP contribution in [0.2, 0.25) is 0 Å². The molecule has 1 aliphatic rings. The minimum Gasteiger partial charge on any atom is -0.207 e. The second kappa shape index (κ2) is 5.34. The van der Waals surface area contributed by atoms with Crippen molar-refractivity contribution in [2.45, 2.75) is 17.7 Å². The van der Waals surface area contributed by atoms with Crippen LogP contribution >= 0.6 is 0 Å². The lowest BCUT2D eigenvalue weighted by Gasteiger charge is -2.22. The van der Waals surface area contributed by atoms with Crippen molar-refractivity contribution in [1.82, 2.24) is 4.31 Å². The van der Waals surface area contributed by atoms with Gasteiger partial charge in [0.15, 0.2) is 0 Å². The third kappa shape index (κ3) is 2.61. The minimum atomic E-state index is -3.39. The van der Waals surface area contributed by atoms with Crippen LogP contribution in [0.15, 0.2) is 41.3 Å². The van der Waals surface area contributed by atoms with Crippen LogP contribution in [-0.4, -0.2) is 25.8 Å². The lowest BCUT2D eigenvalue weighted by Crippen LogP contribution is -2.33. The molecular formula is C13H14N2O2S. The van der Waals surface area contributed by atoms with Crippen molar-refractivity contribution in [1.29, 1.82) is 5.26 Å². The van der Waals surface area contributed by atoms with Crippen molar-refractivity contribution in [2.24, 2.45) is 0 Å². The molecule has 0 aromatic heterocycles. The van der Waals surface area contributed by atoms with Gasteiger partial charge in [-0.25, -0.2) is 8.42 Å². The maximum atomic E-state index is 12.3. The fraction of sp³-hybridized carbons (Fsp3) is 0.308. The topological polar surface area (TPSA) is 61.2 Å². The van der Waals surface area contributed by atoms with Gasteiger partial charge in [-0.2, -0.15) is 9.57 Å². The molecular weight excluding hydrogens is 248 g/mol. The van der Waals surface area contributed by atoms with Crippen LogP contribution in [0.5, 0.6) is 0 Å². The van der Waals surface area contributed by atoms with E-state index in [0.717, 1.165) is 12.0 Å². The fourth-order valence-electron chi connectivity index (χ4n) is 1.86. The van der Waals surface area contributed by atoms with E-state index in [1.54, 1.807) is 24.3 Å². The molecule has 0 saturated carbocycles. The predicted molar refractivity (Wildman–Crippen MR) is 68.3 cm³/mol. The van der Waals surface area contributed by atoms with Crippen molar-refractivity contribution < 1.29 is 8.42 Å². The molecule has 0 spiro atoms. The van der Waals surface area contributed by atoms with Crippen molar-refractivity contribution in [2.75, 3.05) is 13.1 Å². The molecule has 0 fully saturated rings. The summed E-state index contributed by atoms with van der Waals surface area (Å²) in [7, 11) is -3.39. The number of hydrogen-bond acceptors (Lipinski definition) is 3. The molecule has 4 nitrogen and oxygen atoms in total. The third-order valence-corrected chi connectivity index (χ3v) is 4.74. The maximum Gasteiger partial charge on any atom is 0.243 e. The van der Waals surface area contributed by atoms with E-state index in [-0.39, 0.29) is 0 Å². The summed E-state index contributed by atoms with van der Waals surface area (Å²) in [6, 6.07) is 8.56. The standard InChI is InChI=1S/C13H14N2O2S/c14-9-8-12-4-6-13(7-5-12)18(16,17)15-10-2-1-3-11-15/h1-2,4-7H,3,8,10-11H2. The van der Waals surface area contributed by atoms with Gasteiger partial charge in [-0.05, 0) is 24.1 Å². The van der Waals surface area contributed by atoms with Gasteiger partial charge in [0, 0.05) is 13.1 Å². The van der Waals surface area contributed by atoms with E-state index < -0.39 is 10.0 Å². The van der Waals surface area contributed by atoms with Crippen molar-refractivity contribution in [3.05, 3.63) is 42.0 Å². The number of nitriles is 1. The van der Waals surface area contributed by atoms with Gasteiger partial charge in [0.2, 0.25) is 10.0 Å². The van der Waals surface area contributed by atoms with Crippen LogP contribution in [0.4, 0.5) is 0 Å². The van der Waals surface area contributed by atoms with E-state index in [2.05, 4.69) is 0 Å². The summed E-state index contributed by atoms with van der Waals surface area (Å²) < 4.78 is 26.0. The van der Waals surface area contributed by atoms with Gasteiger partial charge in [0.1, 0.15) is 0 Å². The monoisotopic (exact) mass is 262 g/mol. The van der Waals surface area contributed by atoms with Gasteiger partial charge in [0.25, 0.3) is 0 Å². The molecule has 94 valence electrons. The first-order chi connectivity index (χ1) is 8.64. The zero-order chi connectivity index (χ0) is 13.0. The molecule has 0 saturated heterocycles. The minimum absolute atomic E-state index is 0.291. The fourth-order valence-corrected chi connectivity index (χ4v) is 3.26. The normalized spacial score (nSPS) is 16.4. The molecule has 0 aliphatic carbocycles. The summed E-state index contributed by atoms with van der Waals surface area (Å²) in [5.41, 5.74) is 0.829. The average Bonchev–Trinajstić information content (AvgIpc) is 2.41. The van der Waals surface area contributed by atoms with E-state index in [1.807, 2.05) is 18.2 Å². The number of benzene rings is 1. The summed E-state index contributed by atoms with van der Waals surface area (Å²) in [5.74, 6) is 0. The van der Waals surface area contributed by atoms with Crippen molar-refractivity contribution in [3.8, 4) is 6.07 Å². The molecule has 2 rings (SSSR count). The summed E-state index contributed by atoms with van der Waals surface area (Å²) in [6.45, 7) is 0.959. The molecule has 1 aromatic rings. The Morgan fingerprint density at radius 2 is 1.94 bits per heavy atom. The molecule has 0 radical (unpaired) electrons. The average molecular weight is 262 g/mol. The van der Waals surface area contributed by atoms with E-state index in [9.17, 15) is 8.42 Å². The zero-order valence-corrected chi connectivity index (χ0v) is 10.7. The largest absolute Gasteiger partial charge is 0.243 e. The molecule has 1 heterocycles. The number of nitrogens with zero attached hydrogens (tertiary/aromatic N) is 2. The van der Waals surface area contributed by atoms with Crippen LogP contribution in [0.25, 0.3) is 0 Å². The van der Waals surface area contributed by atoms with Gasteiger partial charge in [-0.1, -0.05) is 24.3 Å². The Bertz CT molecular complexity index is 582. The summed E-state index contributed by atoms with van der Waals surface area (Å²) in [5, 5.41) is 8.57. The molecule has 0 bridgehead atoms. The Hall–Kier alpha value is -1.64. The molecule has 1 aromatic carbocycles. The van der Waals surface area contributed by atoms with Crippen molar-refractivity contribution >= 4 is 10.0 Å². The smallest absolute Gasteiger partial charge is 0.207 e. The van der Waals surface area contributed by atoms with E-state index in [4.69, 9.17) is 5.26 Å². The Kier molecular flexibility index (Phi) is 3.80. The number of rotatable bonds is 3. The Balaban J connectivity index is 2.24. The Morgan fingerprint density at radius 3 is 2.50 bits per heavy atom. The molecule has 5 heteroatoms. The number of sulfonamides is 1. The van der Waals surface area contributed by atoms with Gasteiger partial charge >= 0.3 is 0 Å². The van der Waals surface area contributed by atoms with Gasteiger partial charge < -0.3 is 0 Å². The second-order valence-corrected chi connectivity index (χ2v) is 6.04. The van der Waals surface area contributed by atoms with Crippen LogP contribution in [-0.2, 0) is 16.4 Å². The molecule has 0 unspecified atom stereocenters. The molecule has 0 atom stereocenters. The van der Waals surface area contributed by atoms with E-state index in [1.165, 1.54) is 4.31 Å².